The Bertz CT molecular complexity index is 444. The molecule has 1 rings (SSSR count). The van der Waals surface area contributed by atoms with E-state index in [2.05, 4.69) is 4.74 Å². The second-order valence-corrected chi connectivity index (χ2v) is 3.36. The first kappa shape index (κ1) is 15.3. The van der Waals surface area contributed by atoms with E-state index in [1.807, 2.05) is 0 Å². The van der Waals surface area contributed by atoms with E-state index < -0.39 is 42.5 Å². The van der Waals surface area contributed by atoms with Crippen molar-refractivity contribution < 1.29 is 31.4 Å². The van der Waals surface area contributed by atoms with E-state index in [0.717, 1.165) is 12.1 Å². The lowest BCUT2D eigenvalue weighted by atomic mass is 10.3. The molecule has 0 atom stereocenters. The zero-order valence-corrected chi connectivity index (χ0v) is 9.77. The van der Waals surface area contributed by atoms with Gasteiger partial charge in [0, 0.05) is 6.42 Å². The van der Waals surface area contributed by atoms with Gasteiger partial charge in [-0.3, -0.25) is 0 Å². The summed E-state index contributed by atoms with van der Waals surface area (Å²) >= 11 is 0. The van der Waals surface area contributed by atoms with E-state index in [1.165, 1.54) is 0 Å². The molecule has 0 saturated carbocycles. The average Bonchev–Trinajstić information content (AvgIpc) is 2.38. The van der Waals surface area contributed by atoms with Gasteiger partial charge in [0.15, 0.2) is 11.5 Å². The molecule has 0 aliphatic rings. The smallest absolute Gasteiger partial charge is 0.266 e. The Balaban J connectivity index is 2.65. The molecule has 0 saturated heterocycles. The van der Waals surface area contributed by atoms with Gasteiger partial charge in [0.2, 0.25) is 11.6 Å². The summed E-state index contributed by atoms with van der Waals surface area (Å²) in [5.41, 5.74) is 0. The summed E-state index contributed by atoms with van der Waals surface area (Å²) < 4.78 is 71.5. The van der Waals surface area contributed by atoms with Crippen molar-refractivity contribution in [1.29, 1.82) is 0 Å². The highest BCUT2D eigenvalue weighted by molar-refractivity contribution is 5.35. The van der Waals surface area contributed by atoms with Crippen molar-refractivity contribution in [3.05, 3.63) is 35.9 Å². The number of alkyl halides is 1. The number of hydrogen-bond donors (Lipinski definition) is 0. The fourth-order valence-electron chi connectivity index (χ4n) is 1.22. The van der Waals surface area contributed by atoms with Crippen LogP contribution in [0.25, 0.3) is 0 Å². The molecule has 0 amide bonds. The maximum absolute atomic E-state index is 13.4. The zero-order valence-electron chi connectivity index (χ0n) is 9.77. The minimum absolute atomic E-state index is 0.135. The van der Waals surface area contributed by atoms with Crippen molar-refractivity contribution in [3.63, 3.8) is 0 Å². The van der Waals surface area contributed by atoms with Crippen LogP contribution in [0, 0.1) is 11.6 Å². The third-order valence-electron chi connectivity index (χ3n) is 2.02. The van der Waals surface area contributed by atoms with E-state index in [0.29, 0.717) is 6.08 Å². The van der Waals surface area contributed by atoms with Crippen LogP contribution in [0.2, 0.25) is 0 Å². The summed E-state index contributed by atoms with van der Waals surface area (Å²) in [4.78, 5) is 0. The zero-order chi connectivity index (χ0) is 14.3. The van der Waals surface area contributed by atoms with Gasteiger partial charge in [-0.05, 0) is 18.2 Å². The van der Waals surface area contributed by atoms with Gasteiger partial charge >= 0.3 is 0 Å². The third kappa shape index (κ3) is 4.76. The molecule has 106 valence electrons. The minimum Gasteiger partial charge on any atom is -0.490 e. The molecule has 0 unspecified atom stereocenters. The van der Waals surface area contributed by atoms with Gasteiger partial charge in [0.25, 0.3) is 6.08 Å². The number of hydrogen-bond acceptors (Lipinski definition) is 2. The Labute approximate surface area is 106 Å². The van der Waals surface area contributed by atoms with Crippen molar-refractivity contribution in [1.82, 2.24) is 0 Å². The van der Waals surface area contributed by atoms with Crippen LogP contribution in [0.3, 0.4) is 0 Å². The van der Waals surface area contributed by atoms with Crippen molar-refractivity contribution in [3.8, 4) is 11.5 Å². The predicted molar refractivity (Wildman–Crippen MR) is 58.2 cm³/mol. The summed E-state index contributed by atoms with van der Waals surface area (Å²) in [7, 11) is 0. The summed E-state index contributed by atoms with van der Waals surface area (Å²) in [6.45, 7) is -1.45. The lowest BCUT2D eigenvalue weighted by Gasteiger charge is -2.10. The molecule has 0 bridgehead atoms. The van der Waals surface area contributed by atoms with E-state index >= 15 is 0 Å². The van der Waals surface area contributed by atoms with E-state index in [1.54, 1.807) is 0 Å². The molecule has 0 radical (unpaired) electrons. The van der Waals surface area contributed by atoms with Gasteiger partial charge in [-0.1, -0.05) is 0 Å². The van der Waals surface area contributed by atoms with E-state index in [9.17, 15) is 22.0 Å². The summed E-state index contributed by atoms with van der Waals surface area (Å²) in [6.07, 6.45) is -1.40. The van der Waals surface area contributed by atoms with Crippen molar-refractivity contribution in [2.75, 3.05) is 19.9 Å². The second-order valence-electron chi connectivity index (χ2n) is 3.36. The normalized spacial score (nSPS) is 10.2. The SMILES string of the molecule is FCCOc1ccc(OCCC=C(F)F)c(F)c1F. The largest absolute Gasteiger partial charge is 0.490 e. The molecule has 1 aromatic rings. The topological polar surface area (TPSA) is 18.5 Å². The van der Waals surface area contributed by atoms with Gasteiger partial charge < -0.3 is 9.47 Å². The lowest BCUT2D eigenvalue weighted by Crippen LogP contribution is -2.04. The van der Waals surface area contributed by atoms with Crippen molar-refractivity contribution >= 4 is 0 Å². The Morgan fingerprint density at radius 2 is 1.53 bits per heavy atom. The summed E-state index contributed by atoms with van der Waals surface area (Å²) in [6, 6.07) is 2.16. The number of ether oxygens (including phenoxy) is 2. The Kier molecular flexibility index (Phi) is 6.11. The maximum Gasteiger partial charge on any atom is 0.266 e. The summed E-state index contributed by atoms with van der Waals surface area (Å²) in [5, 5.41) is 0. The molecule has 1 aromatic carbocycles. The second kappa shape index (κ2) is 7.60. The lowest BCUT2D eigenvalue weighted by molar-refractivity contribution is 0.253. The first-order chi connectivity index (χ1) is 9.06. The molecule has 2 nitrogen and oxygen atoms in total. The minimum atomic E-state index is -1.87. The van der Waals surface area contributed by atoms with E-state index in [4.69, 9.17) is 4.74 Å². The van der Waals surface area contributed by atoms with Gasteiger partial charge in [0.05, 0.1) is 6.61 Å². The molecular weight excluding hydrogens is 271 g/mol. The number of halogens is 5. The fourth-order valence-corrected chi connectivity index (χ4v) is 1.22. The van der Waals surface area contributed by atoms with Gasteiger partial charge in [0.1, 0.15) is 13.3 Å². The highest BCUT2D eigenvalue weighted by atomic mass is 19.3. The molecule has 0 aromatic heterocycles. The molecule has 0 aliphatic carbocycles. The molecule has 0 fully saturated rings. The van der Waals surface area contributed by atoms with E-state index in [-0.39, 0.29) is 13.0 Å². The van der Waals surface area contributed by atoms with Crippen LogP contribution in [0.15, 0.2) is 24.3 Å². The Morgan fingerprint density at radius 3 is 2.00 bits per heavy atom. The van der Waals surface area contributed by atoms with Gasteiger partial charge in [-0.15, -0.1) is 0 Å². The predicted octanol–water partition coefficient (Wildman–Crippen LogP) is 3.86. The molecule has 0 aliphatic heterocycles. The molecule has 7 heteroatoms. The highest BCUT2D eigenvalue weighted by Gasteiger charge is 2.15. The molecule has 0 N–H and O–H groups in total. The van der Waals surface area contributed by atoms with Crippen LogP contribution < -0.4 is 9.47 Å². The summed E-state index contributed by atoms with van der Waals surface area (Å²) in [5.74, 6) is -3.46. The fraction of sp³-hybridized carbons (Fsp3) is 0.333. The van der Waals surface area contributed by atoms with Crippen LogP contribution in [-0.2, 0) is 0 Å². The standard InChI is InChI=1S/C12H11F5O2/c13-5-7-19-9-4-3-8(11(16)12(9)17)18-6-1-2-10(14)15/h2-4H,1,5-7H2. The Morgan fingerprint density at radius 1 is 1.00 bits per heavy atom. The average molecular weight is 282 g/mol. The third-order valence-corrected chi connectivity index (χ3v) is 2.02. The first-order valence-corrected chi connectivity index (χ1v) is 5.37. The van der Waals surface area contributed by atoms with Crippen LogP contribution in [-0.4, -0.2) is 19.9 Å². The molecule has 0 heterocycles. The number of benzene rings is 1. The van der Waals surface area contributed by atoms with Gasteiger partial charge in [-0.2, -0.15) is 17.6 Å². The van der Waals surface area contributed by atoms with Crippen LogP contribution in [0.5, 0.6) is 11.5 Å². The Hall–Kier alpha value is -1.79. The first-order valence-electron chi connectivity index (χ1n) is 5.37. The van der Waals surface area contributed by atoms with Crippen LogP contribution >= 0.6 is 0 Å². The molecule has 19 heavy (non-hydrogen) atoms. The van der Waals surface area contributed by atoms with Crippen molar-refractivity contribution in [2.24, 2.45) is 0 Å². The van der Waals surface area contributed by atoms with Gasteiger partial charge in [-0.25, -0.2) is 4.39 Å². The maximum atomic E-state index is 13.4. The van der Waals surface area contributed by atoms with Crippen molar-refractivity contribution in [2.45, 2.75) is 6.42 Å². The van der Waals surface area contributed by atoms with Crippen LogP contribution in [0.4, 0.5) is 22.0 Å². The van der Waals surface area contributed by atoms with Crippen LogP contribution in [0.1, 0.15) is 6.42 Å². The number of rotatable bonds is 7. The molecule has 0 spiro atoms. The quantitative estimate of drug-likeness (QED) is 0.558. The monoisotopic (exact) mass is 282 g/mol. The highest BCUT2D eigenvalue weighted by Crippen LogP contribution is 2.27. The molecular formula is C12H11F5O2.